The molecule has 2 aliphatic rings. The first-order chi connectivity index (χ1) is 52.6. The average molecular weight is 1710 g/mol. The van der Waals surface area contributed by atoms with E-state index in [0.717, 1.165) is 0 Å². The molecule has 0 spiro atoms. The van der Waals surface area contributed by atoms with E-state index in [1.165, 1.54) is 96.2 Å². The molecule has 10 aromatic carbocycles. The molecule has 114 heavy (non-hydrogen) atoms. The minimum atomic E-state index is -6.13. The SMILES string of the molecule is CC#N.Cc1ccc(-c2cc(C)cc(-c3ccc(C)cc3)c2N2C(C)C2C)cc1.Cc1ccc(-c2cc(C)cc(-c3ccc(C)cc3)c2N2C(C)C2C)cc1.FC(F)(F)c1cc([B-](c2cc(C(F)(F)F)cc(C(F)(F)F)c2)(c2cc(C(F)(F)F)cc(C(F)(F)F)c2)c2cc(C(F)(F)F)cc(C(F)(F)F)c2)cc(C(F)(F)F)c1.[CH3][Pd+]. The number of benzene rings is 10. The molecule has 4 unspecified atom stereocenters. The molecule has 0 saturated carbocycles. The Labute approximate surface area is 653 Å². The van der Waals surface area contributed by atoms with Crippen molar-refractivity contribution in [1.29, 1.82) is 5.26 Å². The number of aryl methyl sites for hydroxylation is 6. The van der Waals surface area contributed by atoms with Gasteiger partial charge in [0, 0.05) is 53.3 Å². The third-order valence-electron chi connectivity index (χ3n) is 19.9. The molecule has 0 N–H and O–H groups in total. The van der Waals surface area contributed by atoms with Crippen molar-refractivity contribution in [2.75, 3.05) is 9.80 Å². The zero-order valence-corrected chi connectivity index (χ0v) is 64.1. The Bertz CT molecular complexity index is 4360. The van der Waals surface area contributed by atoms with E-state index in [1.807, 2.05) is 5.40 Å². The normalized spacial score (nSPS) is 15.9. The first-order valence-corrected chi connectivity index (χ1v) is 36.3. The summed E-state index contributed by atoms with van der Waals surface area (Å²) in [6.45, 7) is 23.7. The molecule has 10 aromatic rings. The third-order valence-corrected chi connectivity index (χ3v) is 19.9. The number of alkyl halides is 24. The van der Waals surface area contributed by atoms with Crippen LogP contribution in [0.2, 0.25) is 5.40 Å². The van der Waals surface area contributed by atoms with Gasteiger partial charge in [0.15, 0.2) is 0 Å². The molecule has 0 radical (unpaired) electrons. The topological polar surface area (TPSA) is 29.8 Å². The van der Waals surface area contributed by atoms with Crippen LogP contribution in [0.5, 0.6) is 0 Å². The van der Waals surface area contributed by atoms with Crippen LogP contribution in [-0.4, -0.2) is 30.3 Å². The van der Waals surface area contributed by atoms with Gasteiger partial charge in [0.25, 0.3) is 0 Å². The number of halogens is 24. The van der Waals surface area contributed by atoms with Crippen LogP contribution in [0, 0.1) is 52.9 Å². The molecular formula is C85H72BF24N3Pd. The maximum absolute atomic E-state index is 14.2. The number of hydrogen-bond acceptors (Lipinski definition) is 3. The molecule has 2 fully saturated rings. The fourth-order valence-corrected chi connectivity index (χ4v) is 13.8. The molecule has 0 aliphatic carbocycles. The van der Waals surface area contributed by atoms with E-state index in [1.54, 1.807) is 6.07 Å². The maximum atomic E-state index is 14.2. The van der Waals surface area contributed by atoms with Gasteiger partial charge < -0.3 is 9.80 Å². The van der Waals surface area contributed by atoms with Crippen molar-refractivity contribution in [1.82, 2.24) is 0 Å². The van der Waals surface area contributed by atoms with Crippen LogP contribution < -0.4 is 31.7 Å². The first-order valence-electron chi connectivity index (χ1n) is 34.7. The standard InChI is InChI=1S/C32H12BF24.2C25H27N.C2H3N.CH3.Pd/c34-25(35,36)13-1-14(26(37,38)39)6-21(5-13)33(22-7-15(27(40,41)42)2-16(8-22)28(43,44)45,23-9-17(29(46,47)48)3-18(10-23)30(49,50)51)24-11-19(31(52,53)54)4-20(12-24)32(55,56)57;2*1-16-6-10-21(11-7-16)23-14-18(3)15-24(22-12-8-17(2)9-13-22)25(23)26-19(4)20(26)5;1-2-3;;/h1-12H;2*6-15,19-20H,1-5H3;1H3;1H3;/q-1;;;;;+1. The number of nitrogens with zero attached hydrogens (tertiary/aromatic N) is 3. The Kier molecular flexibility index (Phi) is 26.5. The second-order valence-electron chi connectivity index (χ2n) is 28.1. The predicted molar refractivity (Wildman–Crippen MR) is 393 cm³/mol. The molecule has 29 heteroatoms. The molecule has 4 atom stereocenters. The summed E-state index contributed by atoms with van der Waals surface area (Å²) in [5, 5.41) is 9.17. The molecule has 2 heterocycles. The van der Waals surface area contributed by atoms with Crippen LogP contribution >= 0.6 is 0 Å². The Morgan fingerprint density at radius 2 is 0.404 bits per heavy atom. The fraction of sp³-hybridized carbons (Fsp3) is 0.282. The van der Waals surface area contributed by atoms with E-state index in [4.69, 9.17) is 5.26 Å². The number of anilines is 2. The Morgan fingerprint density at radius 1 is 0.263 bits per heavy atom. The van der Waals surface area contributed by atoms with E-state index in [9.17, 15) is 105 Å². The Hall–Kier alpha value is -9.66. The average Bonchev–Trinajstić information content (AvgIpc) is 1.39. The fourth-order valence-electron chi connectivity index (χ4n) is 13.8. The van der Waals surface area contributed by atoms with E-state index >= 15 is 0 Å². The van der Waals surface area contributed by atoms with E-state index in [0.29, 0.717) is 24.2 Å². The molecule has 0 amide bonds. The van der Waals surface area contributed by atoms with Gasteiger partial charge in [0.1, 0.15) is 6.15 Å². The quantitative estimate of drug-likeness (QED) is 0.0776. The van der Waals surface area contributed by atoms with Gasteiger partial charge in [-0.2, -0.15) is 132 Å². The minimum absolute atomic E-state index is 0.589. The summed E-state index contributed by atoms with van der Waals surface area (Å²) in [5.74, 6) is 0. The summed E-state index contributed by atoms with van der Waals surface area (Å²) in [6.07, 6.45) is -54.8. The summed E-state index contributed by atoms with van der Waals surface area (Å²) in [5.41, 5.74) is -9.05. The van der Waals surface area contributed by atoms with Crippen molar-refractivity contribution in [3.05, 3.63) is 272 Å². The number of nitriles is 1. The molecule has 0 bridgehead atoms. The summed E-state index contributed by atoms with van der Waals surface area (Å²) in [7, 11) is 0. The van der Waals surface area contributed by atoms with Crippen LogP contribution in [0.25, 0.3) is 44.5 Å². The second kappa shape index (κ2) is 33.6. The molecule has 2 saturated heterocycles. The van der Waals surface area contributed by atoms with Gasteiger partial charge >= 0.3 is 74.0 Å². The molecule has 608 valence electrons. The molecule has 2 aliphatic heterocycles. The van der Waals surface area contributed by atoms with Gasteiger partial charge in [-0.3, -0.25) is 0 Å². The van der Waals surface area contributed by atoms with Crippen LogP contribution in [-0.2, 0) is 68.6 Å². The van der Waals surface area contributed by atoms with Crippen molar-refractivity contribution >= 4 is 39.4 Å². The van der Waals surface area contributed by atoms with Crippen molar-refractivity contribution in [3.8, 4) is 50.6 Å². The van der Waals surface area contributed by atoms with E-state index in [-0.39, 0.29) is 0 Å². The molecular weight excluding hydrogens is 1640 g/mol. The Morgan fingerprint density at radius 3 is 0.526 bits per heavy atom. The van der Waals surface area contributed by atoms with Gasteiger partial charge in [-0.25, -0.2) is 0 Å². The third kappa shape index (κ3) is 20.5. The van der Waals surface area contributed by atoms with Crippen molar-refractivity contribution in [2.24, 2.45) is 0 Å². The molecule has 12 rings (SSSR count). The van der Waals surface area contributed by atoms with Gasteiger partial charge in [0.05, 0.1) is 62.0 Å². The van der Waals surface area contributed by atoms with Gasteiger partial charge in [-0.1, -0.05) is 168 Å². The summed E-state index contributed by atoms with van der Waals surface area (Å²) >= 11 is 2.75. The van der Waals surface area contributed by atoms with Crippen molar-refractivity contribution < 1.29 is 125 Å². The number of hydrogen-bond donors (Lipinski definition) is 0. The molecule has 3 nitrogen and oxygen atoms in total. The van der Waals surface area contributed by atoms with Gasteiger partial charge in [-0.05, 0) is 151 Å². The zero-order chi connectivity index (χ0) is 85.5. The van der Waals surface area contributed by atoms with Crippen LogP contribution in [0.4, 0.5) is 117 Å². The Balaban J connectivity index is 0.000000234. The monoisotopic (exact) mass is 1710 g/mol. The van der Waals surface area contributed by atoms with Crippen molar-refractivity contribution in [2.45, 2.75) is 155 Å². The predicted octanol–water partition coefficient (Wildman–Crippen LogP) is 25.4. The zero-order valence-electron chi connectivity index (χ0n) is 62.6. The summed E-state index contributed by atoms with van der Waals surface area (Å²) < 4.78 is 341. The summed E-state index contributed by atoms with van der Waals surface area (Å²) in [4.78, 5) is 5.12. The van der Waals surface area contributed by atoms with Gasteiger partial charge in [-0.15, -0.1) is 0 Å². The van der Waals surface area contributed by atoms with Crippen LogP contribution in [0.15, 0.2) is 194 Å². The summed E-state index contributed by atoms with van der Waals surface area (Å²) in [6, 6.07) is 40.4. The van der Waals surface area contributed by atoms with E-state index < -0.39 is 195 Å². The number of rotatable bonds is 10. The van der Waals surface area contributed by atoms with Crippen molar-refractivity contribution in [3.63, 3.8) is 0 Å². The first kappa shape index (κ1) is 89.9. The van der Waals surface area contributed by atoms with Crippen LogP contribution in [0.1, 0.15) is 113 Å². The van der Waals surface area contributed by atoms with E-state index in [2.05, 4.69) is 220 Å². The second-order valence-corrected chi connectivity index (χ2v) is 28.1. The van der Waals surface area contributed by atoms with Gasteiger partial charge in [0.2, 0.25) is 0 Å². The van der Waals surface area contributed by atoms with Crippen LogP contribution in [0.3, 0.4) is 0 Å². The molecule has 0 aromatic heterocycles.